The van der Waals surface area contributed by atoms with Gasteiger partial charge in [-0.3, -0.25) is 9.59 Å². The molecule has 0 fully saturated rings. The fourth-order valence-electron chi connectivity index (χ4n) is 2.21. The molecule has 2 N–H and O–H groups in total. The Morgan fingerprint density at radius 2 is 1.33 bits per heavy atom. The largest absolute Gasteiger partial charge is 0.325 e. The fourth-order valence-corrected chi connectivity index (χ4v) is 2.83. The van der Waals surface area contributed by atoms with E-state index in [2.05, 4.69) is 10.6 Å². The number of amides is 2. The molecule has 0 heterocycles. The Labute approximate surface area is 147 Å². The van der Waals surface area contributed by atoms with Gasteiger partial charge < -0.3 is 10.6 Å². The van der Waals surface area contributed by atoms with Crippen LogP contribution in [-0.4, -0.2) is 23.3 Å². The number of thioether (sulfide) groups is 1. The highest BCUT2D eigenvalue weighted by atomic mass is 32.2. The molecule has 2 aromatic rings. The number of nitrogens with one attached hydrogen (secondary N) is 2. The SMILES string of the molecule is Cc1ccccc1NC(=O)CSCC(=O)Nc1cccc(C)c1C. The lowest BCUT2D eigenvalue weighted by Crippen LogP contribution is -2.19. The molecular formula is C19H22N2O2S. The van der Waals surface area contributed by atoms with E-state index in [-0.39, 0.29) is 23.3 Å². The van der Waals surface area contributed by atoms with Gasteiger partial charge in [0.2, 0.25) is 11.8 Å². The minimum Gasteiger partial charge on any atom is -0.325 e. The van der Waals surface area contributed by atoms with Crippen molar-refractivity contribution in [3.8, 4) is 0 Å². The molecule has 0 saturated heterocycles. The maximum absolute atomic E-state index is 12.0. The summed E-state index contributed by atoms with van der Waals surface area (Å²) >= 11 is 1.30. The summed E-state index contributed by atoms with van der Waals surface area (Å²) in [4.78, 5) is 23.9. The second kappa shape index (κ2) is 8.55. The van der Waals surface area contributed by atoms with Crippen LogP contribution >= 0.6 is 11.8 Å². The molecule has 0 aliphatic rings. The Balaban J connectivity index is 1.77. The van der Waals surface area contributed by atoms with Crippen LogP contribution in [0.5, 0.6) is 0 Å². The molecule has 4 nitrogen and oxygen atoms in total. The van der Waals surface area contributed by atoms with Gasteiger partial charge in [-0.05, 0) is 49.6 Å². The first-order valence-corrected chi connectivity index (χ1v) is 8.92. The van der Waals surface area contributed by atoms with Crippen molar-refractivity contribution in [2.24, 2.45) is 0 Å². The Kier molecular flexibility index (Phi) is 6.44. The van der Waals surface area contributed by atoms with E-state index in [1.165, 1.54) is 11.8 Å². The van der Waals surface area contributed by atoms with Crippen LogP contribution in [0.25, 0.3) is 0 Å². The van der Waals surface area contributed by atoms with Crippen LogP contribution < -0.4 is 10.6 Å². The fraction of sp³-hybridized carbons (Fsp3) is 0.263. The predicted octanol–water partition coefficient (Wildman–Crippen LogP) is 3.92. The van der Waals surface area contributed by atoms with Gasteiger partial charge in [-0.1, -0.05) is 30.3 Å². The molecule has 0 radical (unpaired) electrons. The van der Waals surface area contributed by atoms with Crippen LogP contribution in [0.1, 0.15) is 16.7 Å². The molecule has 0 aliphatic heterocycles. The van der Waals surface area contributed by atoms with Crippen molar-refractivity contribution in [3.05, 3.63) is 59.2 Å². The van der Waals surface area contributed by atoms with Crippen LogP contribution in [0.4, 0.5) is 11.4 Å². The van der Waals surface area contributed by atoms with Gasteiger partial charge in [0.25, 0.3) is 0 Å². The Morgan fingerprint density at radius 3 is 2.00 bits per heavy atom. The quantitative estimate of drug-likeness (QED) is 0.836. The van der Waals surface area contributed by atoms with Crippen LogP contribution in [0.15, 0.2) is 42.5 Å². The van der Waals surface area contributed by atoms with Crippen molar-refractivity contribution in [1.82, 2.24) is 0 Å². The van der Waals surface area contributed by atoms with Crippen molar-refractivity contribution in [1.29, 1.82) is 0 Å². The van der Waals surface area contributed by atoms with Gasteiger partial charge in [0.1, 0.15) is 0 Å². The van der Waals surface area contributed by atoms with Crippen LogP contribution in [-0.2, 0) is 9.59 Å². The van der Waals surface area contributed by atoms with Crippen LogP contribution in [0.2, 0.25) is 0 Å². The van der Waals surface area contributed by atoms with Gasteiger partial charge in [0.05, 0.1) is 11.5 Å². The third-order valence-electron chi connectivity index (χ3n) is 3.76. The highest BCUT2D eigenvalue weighted by molar-refractivity contribution is 8.00. The predicted molar refractivity (Wildman–Crippen MR) is 102 cm³/mol. The number of carbonyl (C=O) groups excluding carboxylic acids is 2. The first-order chi connectivity index (χ1) is 11.5. The molecule has 24 heavy (non-hydrogen) atoms. The lowest BCUT2D eigenvalue weighted by Gasteiger charge is -2.10. The molecule has 0 spiro atoms. The van der Waals surface area contributed by atoms with Crippen molar-refractivity contribution >= 4 is 35.0 Å². The smallest absolute Gasteiger partial charge is 0.234 e. The third kappa shape index (κ3) is 5.13. The Bertz CT molecular complexity index is 744. The summed E-state index contributed by atoms with van der Waals surface area (Å²) in [6, 6.07) is 13.4. The average Bonchev–Trinajstić information content (AvgIpc) is 2.54. The maximum Gasteiger partial charge on any atom is 0.234 e. The lowest BCUT2D eigenvalue weighted by atomic mass is 10.1. The van der Waals surface area contributed by atoms with E-state index in [9.17, 15) is 9.59 Å². The standard InChI is InChI=1S/C19H22N2O2S/c1-13-8-6-10-17(15(13)3)21-19(23)12-24-11-18(22)20-16-9-5-4-7-14(16)2/h4-10H,11-12H2,1-3H3,(H,20,22)(H,21,23). The summed E-state index contributed by atoms with van der Waals surface area (Å²) in [5, 5.41) is 5.75. The molecule has 0 saturated carbocycles. The van der Waals surface area contributed by atoms with Crippen LogP contribution in [0.3, 0.4) is 0 Å². The van der Waals surface area contributed by atoms with E-state index in [0.29, 0.717) is 0 Å². The monoisotopic (exact) mass is 342 g/mol. The number of aryl methyl sites for hydroxylation is 2. The number of anilines is 2. The van der Waals surface area contributed by atoms with E-state index in [0.717, 1.165) is 28.1 Å². The molecule has 0 aromatic heterocycles. The third-order valence-corrected chi connectivity index (χ3v) is 4.70. The first kappa shape index (κ1) is 18.1. The van der Waals surface area contributed by atoms with E-state index in [4.69, 9.17) is 0 Å². The topological polar surface area (TPSA) is 58.2 Å². The molecular weight excluding hydrogens is 320 g/mol. The number of benzene rings is 2. The van der Waals surface area contributed by atoms with E-state index >= 15 is 0 Å². The highest BCUT2D eigenvalue weighted by Gasteiger charge is 2.09. The molecule has 2 aromatic carbocycles. The molecule has 5 heteroatoms. The number of carbonyl (C=O) groups is 2. The first-order valence-electron chi connectivity index (χ1n) is 7.76. The summed E-state index contributed by atoms with van der Waals surface area (Å²) < 4.78 is 0. The van der Waals surface area contributed by atoms with Gasteiger partial charge in [-0.2, -0.15) is 0 Å². The second-order valence-electron chi connectivity index (χ2n) is 5.65. The van der Waals surface area contributed by atoms with Gasteiger partial charge in [-0.25, -0.2) is 0 Å². The minimum absolute atomic E-state index is 0.0996. The van der Waals surface area contributed by atoms with E-state index in [1.54, 1.807) is 0 Å². The van der Waals surface area contributed by atoms with Gasteiger partial charge in [0.15, 0.2) is 0 Å². The van der Waals surface area contributed by atoms with Crippen molar-refractivity contribution in [3.63, 3.8) is 0 Å². The molecule has 0 aliphatic carbocycles. The van der Waals surface area contributed by atoms with Crippen molar-refractivity contribution in [2.75, 3.05) is 22.1 Å². The zero-order valence-corrected chi connectivity index (χ0v) is 15.0. The zero-order valence-electron chi connectivity index (χ0n) is 14.2. The number of rotatable bonds is 6. The van der Waals surface area contributed by atoms with Crippen LogP contribution in [0, 0.1) is 20.8 Å². The van der Waals surface area contributed by atoms with E-state index < -0.39 is 0 Å². The molecule has 0 unspecified atom stereocenters. The zero-order chi connectivity index (χ0) is 17.5. The highest BCUT2D eigenvalue weighted by Crippen LogP contribution is 2.18. The molecule has 2 rings (SSSR count). The molecule has 0 atom stereocenters. The maximum atomic E-state index is 12.0. The second-order valence-corrected chi connectivity index (χ2v) is 6.64. The summed E-state index contributed by atoms with van der Waals surface area (Å²) in [5.74, 6) is 0.287. The Morgan fingerprint density at radius 1 is 0.792 bits per heavy atom. The summed E-state index contributed by atoms with van der Waals surface area (Å²) in [6.45, 7) is 5.93. The summed E-state index contributed by atoms with van der Waals surface area (Å²) in [6.07, 6.45) is 0. The normalized spacial score (nSPS) is 10.3. The summed E-state index contributed by atoms with van der Waals surface area (Å²) in [5.41, 5.74) is 4.85. The van der Waals surface area contributed by atoms with Gasteiger partial charge >= 0.3 is 0 Å². The average molecular weight is 342 g/mol. The molecule has 2 amide bonds. The van der Waals surface area contributed by atoms with Gasteiger partial charge in [0, 0.05) is 11.4 Å². The minimum atomic E-state index is -0.103. The number of hydrogen-bond acceptors (Lipinski definition) is 3. The lowest BCUT2D eigenvalue weighted by molar-refractivity contribution is -0.114. The summed E-state index contributed by atoms with van der Waals surface area (Å²) in [7, 11) is 0. The van der Waals surface area contributed by atoms with E-state index in [1.807, 2.05) is 63.2 Å². The van der Waals surface area contributed by atoms with Crippen molar-refractivity contribution < 1.29 is 9.59 Å². The Hall–Kier alpha value is -2.27. The molecule has 126 valence electrons. The molecule has 0 bridgehead atoms. The number of para-hydroxylation sites is 1. The van der Waals surface area contributed by atoms with Gasteiger partial charge in [-0.15, -0.1) is 11.8 Å². The number of hydrogen-bond donors (Lipinski definition) is 2. The van der Waals surface area contributed by atoms with Crippen molar-refractivity contribution in [2.45, 2.75) is 20.8 Å².